The Morgan fingerprint density at radius 2 is 2.04 bits per heavy atom. The van der Waals surface area contributed by atoms with E-state index in [4.69, 9.17) is 10.5 Å². The summed E-state index contributed by atoms with van der Waals surface area (Å²) in [5.41, 5.74) is 6.94. The molecule has 132 valence electrons. The lowest BCUT2D eigenvalue weighted by Crippen LogP contribution is -2.28. The second-order valence-electron chi connectivity index (χ2n) is 5.08. The van der Waals surface area contributed by atoms with Crippen LogP contribution in [0.5, 0.6) is 0 Å². The maximum Gasteiger partial charge on any atom is 0.289 e. The molecular formula is C15H20ClN3O4S. The summed E-state index contributed by atoms with van der Waals surface area (Å²) in [5.74, 6) is -0.157. The summed E-state index contributed by atoms with van der Waals surface area (Å²) in [5, 5.41) is 2.53. The number of hydrogen-bond acceptors (Lipinski definition) is 6. The number of nitrogens with one attached hydrogen (secondary N) is 1. The minimum atomic E-state index is -0.307. The van der Waals surface area contributed by atoms with Gasteiger partial charge in [-0.25, -0.2) is 0 Å². The molecule has 1 aliphatic heterocycles. The van der Waals surface area contributed by atoms with Gasteiger partial charge in [0.15, 0.2) is 0 Å². The molecule has 0 bridgehead atoms. The van der Waals surface area contributed by atoms with Crippen molar-refractivity contribution in [2.24, 2.45) is 5.73 Å². The van der Waals surface area contributed by atoms with Crippen molar-refractivity contribution < 1.29 is 19.1 Å². The van der Waals surface area contributed by atoms with Crippen LogP contribution in [0.1, 0.15) is 12.0 Å². The number of imide groups is 1. The molecular weight excluding hydrogens is 354 g/mol. The molecule has 3 amide bonds. The standard InChI is InChI=1S/C15H19N3O4S.ClH/c1-22-12(7-16)6-13(19)17-11-4-2-10(3-5-11)8-18-14(20)9-23-15(18)21;/h2-5,12H,6-9,16H2,1H3,(H,17,19);1H. The molecule has 0 saturated carbocycles. The van der Waals surface area contributed by atoms with Gasteiger partial charge in [-0.1, -0.05) is 23.9 Å². The Labute approximate surface area is 150 Å². The number of rotatable bonds is 7. The number of nitrogens with zero attached hydrogens (tertiary/aromatic N) is 1. The summed E-state index contributed by atoms with van der Waals surface area (Å²) in [6.45, 7) is 0.524. The zero-order chi connectivity index (χ0) is 16.8. The van der Waals surface area contributed by atoms with E-state index in [-0.39, 0.29) is 60.8 Å². The van der Waals surface area contributed by atoms with E-state index in [1.807, 2.05) is 0 Å². The number of carbonyl (C=O) groups excluding carboxylic acids is 3. The number of benzene rings is 1. The highest BCUT2D eigenvalue weighted by atomic mass is 35.5. The predicted octanol–water partition coefficient (Wildman–Crippen LogP) is 1.61. The van der Waals surface area contributed by atoms with Crippen molar-refractivity contribution in [2.45, 2.75) is 19.1 Å². The molecule has 1 aromatic carbocycles. The molecule has 2 rings (SSSR count). The number of halogens is 1. The number of amides is 3. The Morgan fingerprint density at radius 1 is 1.38 bits per heavy atom. The third-order valence-electron chi connectivity index (χ3n) is 3.43. The Bertz CT molecular complexity index is 577. The average molecular weight is 374 g/mol. The molecule has 24 heavy (non-hydrogen) atoms. The van der Waals surface area contributed by atoms with Gasteiger partial charge in [-0.3, -0.25) is 19.3 Å². The van der Waals surface area contributed by atoms with Crippen molar-refractivity contribution in [3.63, 3.8) is 0 Å². The summed E-state index contributed by atoms with van der Waals surface area (Å²) in [7, 11) is 1.51. The lowest BCUT2D eigenvalue weighted by atomic mass is 10.2. The maximum atomic E-state index is 11.8. The Balaban J connectivity index is 0.00000288. The number of methoxy groups -OCH3 is 1. The molecule has 0 aliphatic carbocycles. The van der Waals surface area contributed by atoms with E-state index in [1.54, 1.807) is 24.3 Å². The van der Waals surface area contributed by atoms with E-state index in [1.165, 1.54) is 12.0 Å². The van der Waals surface area contributed by atoms with Crippen LogP contribution in [0.2, 0.25) is 0 Å². The van der Waals surface area contributed by atoms with Gasteiger partial charge in [0.1, 0.15) is 0 Å². The van der Waals surface area contributed by atoms with E-state index in [0.717, 1.165) is 17.3 Å². The Hall–Kier alpha value is -1.61. The van der Waals surface area contributed by atoms with Gasteiger partial charge in [0.05, 0.1) is 24.8 Å². The highest BCUT2D eigenvalue weighted by Crippen LogP contribution is 2.21. The Morgan fingerprint density at radius 3 is 2.54 bits per heavy atom. The monoisotopic (exact) mass is 373 g/mol. The second kappa shape index (κ2) is 9.63. The van der Waals surface area contributed by atoms with Crippen LogP contribution < -0.4 is 11.1 Å². The first-order chi connectivity index (χ1) is 11.0. The van der Waals surface area contributed by atoms with Crippen molar-refractivity contribution in [1.29, 1.82) is 0 Å². The lowest BCUT2D eigenvalue weighted by Gasteiger charge is -2.14. The quantitative estimate of drug-likeness (QED) is 0.752. The van der Waals surface area contributed by atoms with E-state index < -0.39 is 0 Å². The molecule has 0 spiro atoms. The highest BCUT2D eigenvalue weighted by Gasteiger charge is 2.29. The van der Waals surface area contributed by atoms with Crippen molar-refractivity contribution in [3.8, 4) is 0 Å². The lowest BCUT2D eigenvalue weighted by molar-refractivity contribution is -0.125. The fourth-order valence-corrected chi connectivity index (χ4v) is 2.82. The number of ether oxygens (including phenoxy) is 1. The van der Waals surface area contributed by atoms with Gasteiger partial charge in [0, 0.05) is 19.3 Å². The molecule has 0 radical (unpaired) electrons. The molecule has 1 unspecified atom stereocenters. The van der Waals surface area contributed by atoms with Gasteiger partial charge in [-0.2, -0.15) is 0 Å². The van der Waals surface area contributed by atoms with Gasteiger partial charge in [0.25, 0.3) is 5.24 Å². The van der Waals surface area contributed by atoms with E-state index in [2.05, 4.69) is 5.32 Å². The van der Waals surface area contributed by atoms with Gasteiger partial charge in [0.2, 0.25) is 11.8 Å². The summed E-state index contributed by atoms with van der Waals surface area (Å²) < 4.78 is 5.06. The molecule has 3 N–H and O–H groups in total. The van der Waals surface area contributed by atoms with Crippen LogP contribution >= 0.6 is 24.2 Å². The second-order valence-corrected chi connectivity index (χ2v) is 6.00. The first kappa shape index (κ1) is 20.4. The molecule has 1 fully saturated rings. The van der Waals surface area contributed by atoms with Gasteiger partial charge < -0.3 is 15.8 Å². The van der Waals surface area contributed by atoms with Crippen LogP contribution in [0.4, 0.5) is 10.5 Å². The molecule has 1 atom stereocenters. The Kier molecular flexibility index (Phi) is 8.20. The number of nitrogens with two attached hydrogens (primary N) is 1. The summed E-state index contributed by atoms with van der Waals surface area (Å²) >= 11 is 1.01. The molecule has 1 aromatic rings. The van der Waals surface area contributed by atoms with Crippen LogP contribution in [0.15, 0.2) is 24.3 Å². The SMILES string of the molecule is COC(CN)CC(=O)Nc1ccc(CN2C(=O)CSC2=O)cc1.Cl. The first-order valence-corrected chi connectivity index (χ1v) is 8.10. The predicted molar refractivity (Wildman–Crippen MR) is 95.2 cm³/mol. The van der Waals surface area contributed by atoms with Crippen molar-refractivity contribution in [2.75, 3.05) is 24.7 Å². The smallest absolute Gasteiger partial charge is 0.289 e. The van der Waals surface area contributed by atoms with Crippen molar-refractivity contribution in [1.82, 2.24) is 4.90 Å². The van der Waals surface area contributed by atoms with Crippen molar-refractivity contribution >= 4 is 46.9 Å². The number of hydrogen-bond donors (Lipinski definition) is 2. The molecule has 1 aliphatic rings. The van der Waals surface area contributed by atoms with Crippen LogP contribution in [-0.4, -0.2) is 47.5 Å². The minimum absolute atomic E-state index is 0. The topological polar surface area (TPSA) is 102 Å². The molecule has 1 saturated heterocycles. The third kappa shape index (κ3) is 5.48. The minimum Gasteiger partial charge on any atom is -0.380 e. The van der Waals surface area contributed by atoms with E-state index in [9.17, 15) is 14.4 Å². The summed E-state index contributed by atoms with van der Waals surface area (Å²) in [6, 6.07) is 7.01. The molecule has 9 heteroatoms. The summed E-state index contributed by atoms with van der Waals surface area (Å²) in [4.78, 5) is 36.2. The average Bonchev–Trinajstić information content (AvgIpc) is 2.86. The van der Waals surface area contributed by atoms with E-state index >= 15 is 0 Å². The van der Waals surface area contributed by atoms with Crippen LogP contribution in [0.25, 0.3) is 0 Å². The van der Waals surface area contributed by atoms with Crippen molar-refractivity contribution in [3.05, 3.63) is 29.8 Å². The number of anilines is 1. The molecule has 0 aromatic heterocycles. The normalized spacial score (nSPS) is 15.2. The highest BCUT2D eigenvalue weighted by molar-refractivity contribution is 8.14. The summed E-state index contributed by atoms with van der Waals surface area (Å²) in [6.07, 6.45) is -0.123. The first-order valence-electron chi connectivity index (χ1n) is 7.12. The molecule has 1 heterocycles. The fourth-order valence-electron chi connectivity index (χ4n) is 2.09. The maximum absolute atomic E-state index is 11.8. The van der Waals surface area contributed by atoms with Gasteiger partial charge in [-0.05, 0) is 17.7 Å². The third-order valence-corrected chi connectivity index (χ3v) is 4.29. The largest absolute Gasteiger partial charge is 0.380 e. The van der Waals surface area contributed by atoms with E-state index in [0.29, 0.717) is 5.69 Å². The molecule has 7 nitrogen and oxygen atoms in total. The van der Waals surface area contributed by atoms with Gasteiger partial charge >= 0.3 is 0 Å². The number of thioether (sulfide) groups is 1. The van der Waals surface area contributed by atoms with Crippen LogP contribution in [-0.2, 0) is 20.9 Å². The zero-order valence-corrected chi connectivity index (χ0v) is 14.8. The van der Waals surface area contributed by atoms with Crippen LogP contribution in [0.3, 0.4) is 0 Å². The van der Waals surface area contributed by atoms with Gasteiger partial charge in [-0.15, -0.1) is 12.4 Å². The van der Waals surface area contributed by atoms with Crippen LogP contribution in [0, 0.1) is 0 Å². The fraction of sp³-hybridized carbons (Fsp3) is 0.400. The number of carbonyl (C=O) groups is 3. The zero-order valence-electron chi connectivity index (χ0n) is 13.2.